The molecule has 8 heteroatoms. The average molecular weight is 475 g/mol. The van der Waals surface area contributed by atoms with E-state index in [-0.39, 0.29) is 49.0 Å². The molecular formula is C26H38N2O6. The number of ketones is 1. The lowest BCUT2D eigenvalue weighted by Gasteiger charge is -2.39. The molecule has 2 fully saturated rings. The van der Waals surface area contributed by atoms with Gasteiger partial charge in [0.05, 0.1) is 26.1 Å². The van der Waals surface area contributed by atoms with Crippen molar-refractivity contribution >= 4 is 23.6 Å². The van der Waals surface area contributed by atoms with Gasteiger partial charge in [0, 0.05) is 18.0 Å². The Labute approximate surface area is 202 Å². The van der Waals surface area contributed by atoms with Crippen molar-refractivity contribution < 1.29 is 28.7 Å². The number of likely N-dealkylation sites (tertiary alicyclic amines) is 1. The van der Waals surface area contributed by atoms with Crippen molar-refractivity contribution in [2.45, 2.75) is 78.3 Å². The van der Waals surface area contributed by atoms with E-state index < -0.39 is 28.8 Å². The zero-order chi connectivity index (χ0) is 25.1. The zero-order valence-corrected chi connectivity index (χ0v) is 21.0. The number of rotatable bonds is 7. The SMILES string of the molecule is CCOC(=O)C[C@H]1C(=O)N(C(C(=O)NC2CCCCC2)C(C)(C)C)C[C@]12C=CC(=O)C(OC)=C2. The number of allylic oxidation sites excluding steroid dienone is 1. The van der Waals surface area contributed by atoms with Gasteiger partial charge in [-0.1, -0.05) is 46.1 Å². The Morgan fingerprint density at radius 3 is 2.47 bits per heavy atom. The fraction of sp³-hybridized carbons (Fsp3) is 0.692. The molecule has 1 unspecified atom stereocenters. The summed E-state index contributed by atoms with van der Waals surface area (Å²) in [6.07, 6.45) is 9.79. The smallest absolute Gasteiger partial charge is 0.306 e. The molecule has 3 rings (SSSR count). The fourth-order valence-corrected chi connectivity index (χ4v) is 5.48. The lowest BCUT2D eigenvalue weighted by atomic mass is 9.73. The number of hydrogen-bond donors (Lipinski definition) is 1. The highest BCUT2D eigenvalue weighted by atomic mass is 16.5. The predicted molar refractivity (Wildman–Crippen MR) is 126 cm³/mol. The number of ether oxygens (including phenoxy) is 2. The maximum Gasteiger partial charge on any atom is 0.306 e. The van der Waals surface area contributed by atoms with Gasteiger partial charge in [0.1, 0.15) is 6.04 Å². The van der Waals surface area contributed by atoms with Crippen molar-refractivity contribution in [1.29, 1.82) is 0 Å². The van der Waals surface area contributed by atoms with Crippen LogP contribution in [0.3, 0.4) is 0 Å². The van der Waals surface area contributed by atoms with E-state index in [0.717, 1.165) is 25.7 Å². The Morgan fingerprint density at radius 1 is 1.21 bits per heavy atom. The topological polar surface area (TPSA) is 102 Å². The highest BCUT2D eigenvalue weighted by Crippen LogP contribution is 2.47. The first-order chi connectivity index (χ1) is 16.0. The van der Waals surface area contributed by atoms with Gasteiger partial charge in [0.25, 0.3) is 0 Å². The molecule has 3 atom stereocenters. The molecule has 34 heavy (non-hydrogen) atoms. The van der Waals surface area contributed by atoms with Crippen LogP contribution < -0.4 is 5.32 Å². The van der Waals surface area contributed by atoms with Crippen molar-refractivity contribution in [3.05, 3.63) is 24.0 Å². The molecule has 0 aromatic heterocycles. The van der Waals surface area contributed by atoms with E-state index in [1.54, 1.807) is 24.0 Å². The molecule has 1 spiro atoms. The first-order valence-corrected chi connectivity index (χ1v) is 12.3. The van der Waals surface area contributed by atoms with Gasteiger partial charge in [-0.15, -0.1) is 0 Å². The van der Waals surface area contributed by atoms with Crippen LogP contribution in [0, 0.1) is 16.7 Å². The predicted octanol–water partition coefficient (Wildman–Crippen LogP) is 2.92. The normalized spacial score (nSPS) is 26.4. The molecule has 2 aliphatic carbocycles. The fourth-order valence-electron chi connectivity index (χ4n) is 5.48. The summed E-state index contributed by atoms with van der Waals surface area (Å²) in [7, 11) is 1.40. The van der Waals surface area contributed by atoms with E-state index >= 15 is 0 Å². The molecule has 1 N–H and O–H groups in total. The van der Waals surface area contributed by atoms with Gasteiger partial charge in [0.2, 0.25) is 17.6 Å². The van der Waals surface area contributed by atoms with E-state index in [0.29, 0.717) is 0 Å². The van der Waals surface area contributed by atoms with E-state index in [9.17, 15) is 19.2 Å². The second-order valence-corrected chi connectivity index (χ2v) is 10.7. The Bertz CT molecular complexity index is 880. The molecule has 1 saturated carbocycles. The Kier molecular flexibility index (Phi) is 7.88. The van der Waals surface area contributed by atoms with Gasteiger partial charge in [-0.25, -0.2) is 0 Å². The number of nitrogens with zero attached hydrogens (tertiary/aromatic N) is 1. The van der Waals surface area contributed by atoms with Gasteiger partial charge >= 0.3 is 5.97 Å². The van der Waals surface area contributed by atoms with Gasteiger partial charge < -0.3 is 19.7 Å². The van der Waals surface area contributed by atoms with E-state index in [2.05, 4.69) is 5.32 Å². The number of amides is 2. The maximum atomic E-state index is 13.8. The van der Waals surface area contributed by atoms with Crippen molar-refractivity contribution in [3.8, 4) is 0 Å². The number of nitrogens with one attached hydrogen (secondary N) is 1. The maximum absolute atomic E-state index is 13.8. The highest BCUT2D eigenvalue weighted by Gasteiger charge is 2.56. The quantitative estimate of drug-likeness (QED) is 0.569. The Hall–Kier alpha value is -2.64. The first-order valence-electron chi connectivity index (χ1n) is 12.3. The lowest BCUT2D eigenvalue weighted by molar-refractivity contribution is -0.149. The van der Waals surface area contributed by atoms with Crippen LogP contribution in [0.1, 0.15) is 66.2 Å². The molecule has 2 amide bonds. The molecule has 0 bridgehead atoms. The molecule has 0 radical (unpaired) electrons. The van der Waals surface area contributed by atoms with Crippen molar-refractivity contribution in [3.63, 3.8) is 0 Å². The second-order valence-electron chi connectivity index (χ2n) is 10.7. The van der Waals surface area contributed by atoms with Crippen LogP contribution in [-0.4, -0.2) is 60.8 Å². The number of hydrogen-bond acceptors (Lipinski definition) is 6. The molecular weight excluding hydrogens is 436 g/mol. The molecule has 1 aliphatic heterocycles. The summed E-state index contributed by atoms with van der Waals surface area (Å²) < 4.78 is 10.4. The number of esters is 1. The zero-order valence-electron chi connectivity index (χ0n) is 21.0. The molecule has 0 aromatic carbocycles. The summed E-state index contributed by atoms with van der Waals surface area (Å²) in [6.45, 7) is 7.91. The van der Waals surface area contributed by atoms with Crippen molar-refractivity contribution in [2.24, 2.45) is 16.7 Å². The summed E-state index contributed by atoms with van der Waals surface area (Å²) in [6, 6.07) is -0.614. The van der Waals surface area contributed by atoms with Gasteiger partial charge in [-0.2, -0.15) is 0 Å². The summed E-state index contributed by atoms with van der Waals surface area (Å²) in [5.74, 6) is -1.92. The van der Waals surface area contributed by atoms with Crippen LogP contribution in [0.25, 0.3) is 0 Å². The van der Waals surface area contributed by atoms with E-state index in [4.69, 9.17) is 9.47 Å². The molecule has 0 aromatic rings. The first kappa shape index (κ1) is 26.0. The highest BCUT2D eigenvalue weighted by molar-refractivity contribution is 6.04. The monoisotopic (exact) mass is 474 g/mol. The van der Waals surface area contributed by atoms with Crippen LogP contribution in [0.15, 0.2) is 24.0 Å². The summed E-state index contributed by atoms with van der Waals surface area (Å²) in [5.41, 5.74) is -1.49. The summed E-state index contributed by atoms with van der Waals surface area (Å²) in [5, 5.41) is 3.18. The number of carbonyl (C=O) groups excluding carboxylic acids is 4. The summed E-state index contributed by atoms with van der Waals surface area (Å²) >= 11 is 0. The second kappa shape index (κ2) is 10.3. The molecule has 3 aliphatic rings. The van der Waals surface area contributed by atoms with E-state index in [1.165, 1.54) is 19.6 Å². The molecule has 1 heterocycles. The number of methoxy groups -OCH3 is 1. The van der Waals surface area contributed by atoms with Crippen LogP contribution in [0.4, 0.5) is 0 Å². The molecule has 188 valence electrons. The van der Waals surface area contributed by atoms with Crippen LogP contribution in [-0.2, 0) is 28.7 Å². The standard InChI is InChI=1S/C26H38N2O6/c1-6-34-21(30)14-18-24(32)28(16-26(18)13-12-19(29)20(15-26)33-5)22(25(2,3)4)23(31)27-17-10-8-7-9-11-17/h12-13,15,17-18,22H,6-11,14,16H2,1-5H3,(H,27,31)/t18-,22?,26+/m0/s1. The molecule has 8 nitrogen and oxygen atoms in total. The minimum atomic E-state index is -0.947. The van der Waals surface area contributed by atoms with Crippen molar-refractivity contribution in [2.75, 3.05) is 20.3 Å². The summed E-state index contributed by atoms with van der Waals surface area (Å²) in [4.78, 5) is 53.7. The number of carbonyl (C=O) groups is 4. The lowest BCUT2D eigenvalue weighted by Crippen LogP contribution is -2.56. The minimum Gasteiger partial charge on any atom is -0.493 e. The minimum absolute atomic E-state index is 0.111. The third kappa shape index (κ3) is 5.36. The van der Waals surface area contributed by atoms with Crippen LogP contribution in [0.2, 0.25) is 0 Å². The average Bonchev–Trinajstić information content (AvgIpc) is 3.01. The molecule has 1 saturated heterocycles. The third-order valence-corrected chi connectivity index (χ3v) is 7.09. The third-order valence-electron chi connectivity index (χ3n) is 7.09. The van der Waals surface area contributed by atoms with Gasteiger partial charge in [0.15, 0.2) is 5.76 Å². The van der Waals surface area contributed by atoms with Gasteiger partial charge in [-0.3, -0.25) is 19.2 Å². The Balaban J connectivity index is 1.97. The largest absolute Gasteiger partial charge is 0.493 e. The van der Waals surface area contributed by atoms with Crippen LogP contribution in [0.5, 0.6) is 0 Å². The van der Waals surface area contributed by atoms with Crippen LogP contribution >= 0.6 is 0 Å². The Morgan fingerprint density at radius 2 is 1.88 bits per heavy atom. The van der Waals surface area contributed by atoms with E-state index in [1.807, 2.05) is 20.8 Å². The van der Waals surface area contributed by atoms with Crippen molar-refractivity contribution in [1.82, 2.24) is 10.2 Å². The van der Waals surface area contributed by atoms with Gasteiger partial charge in [-0.05, 0) is 37.3 Å².